The summed E-state index contributed by atoms with van der Waals surface area (Å²) in [6, 6.07) is 9.03. The SMILES string of the molecule is CNCCN1CCC(c2cccc(C)c2)CC1. The van der Waals surface area contributed by atoms with Crippen LogP contribution in [0.4, 0.5) is 0 Å². The van der Waals surface area contributed by atoms with Crippen LogP contribution in [0, 0.1) is 6.92 Å². The number of nitrogens with zero attached hydrogens (tertiary/aromatic N) is 1. The second-order valence-corrected chi connectivity index (χ2v) is 5.13. The van der Waals surface area contributed by atoms with Gasteiger partial charge in [-0.2, -0.15) is 0 Å². The number of benzene rings is 1. The fourth-order valence-corrected chi connectivity index (χ4v) is 2.68. The largest absolute Gasteiger partial charge is 0.318 e. The third kappa shape index (κ3) is 3.55. The number of aryl methyl sites for hydroxylation is 1. The predicted octanol–water partition coefficient (Wildman–Crippen LogP) is 2.39. The lowest BCUT2D eigenvalue weighted by Gasteiger charge is -2.32. The molecule has 0 saturated carbocycles. The van der Waals surface area contributed by atoms with E-state index in [1.165, 1.54) is 38.0 Å². The number of likely N-dealkylation sites (N-methyl/N-ethyl adjacent to an activating group) is 1. The van der Waals surface area contributed by atoms with Crippen LogP contribution >= 0.6 is 0 Å². The summed E-state index contributed by atoms with van der Waals surface area (Å²) < 4.78 is 0. The average molecular weight is 232 g/mol. The molecule has 1 aromatic rings. The zero-order valence-corrected chi connectivity index (χ0v) is 11.1. The van der Waals surface area contributed by atoms with Crippen molar-refractivity contribution in [2.45, 2.75) is 25.7 Å². The van der Waals surface area contributed by atoms with Crippen molar-refractivity contribution >= 4 is 0 Å². The summed E-state index contributed by atoms with van der Waals surface area (Å²) in [5, 5.41) is 3.22. The maximum Gasteiger partial charge on any atom is 0.0107 e. The van der Waals surface area contributed by atoms with Crippen molar-refractivity contribution in [3.8, 4) is 0 Å². The first-order valence-electron chi connectivity index (χ1n) is 6.73. The molecule has 1 aromatic carbocycles. The van der Waals surface area contributed by atoms with Crippen LogP contribution in [-0.2, 0) is 0 Å². The van der Waals surface area contributed by atoms with Crippen LogP contribution < -0.4 is 5.32 Å². The van der Waals surface area contributed by atoms with Gasteiger partial charge in [-0.05, 0) is 51.4 Å². The minimum atomic E-state index is 0.778. The van der Waals surface area contributed by atoms with Crippen LogP contribution in [0.25, 0.3) is 0 Å². The summed E-state index contributed by atoms with van der Waals surface area (Å²) in [7, 11) is 2.03. The molecule has 17 heavy (non-hydrogen) atoms. The number of rotatable bonds is 4. The van der Waals surface area contributed by atoms with Gasteiger partial charge in [-0.1, -0.05) is 29.8 Å². The normalized spacial score (nSPS) is 18.5. The smallest absolute Gasteiger partial charge is 0.0107 e. The predicted molar refractivity (Wildman–Crippen MR) is 73.5 cm³/mol. The molecule has 0 bridgehead atoms. The summed E-state index contributed by atoms with van der Waals surface area (Å²) in [6.07, 6.45) is 2.63. The van der Waals surface area contributed by atoms with Gasteiger partial charge in [-0.25, -0.2) is 0 Å². The van der Waals surface area contributed by atoms with Crippen LogP contribution in [-0.4, -0.2) is 38.1 Å². The first-order valence-corrected chi connectivity index (χ1v) is 6.73. The van der Waals surface area contributed by atoms with Crippen molar-refractivity contribution in [3.05, 3.63) is 35.4 Å². The van der Waals surface area contributed by atoms with Gasteiger partial charge < -0.3 is 10.2 Å². The summed E-state index contributed by atoms with van der Waals surface area (Å²) in [6.45, 7) is 6.98. The number of likely N-dealkylation sites (tertiary alicyclic amines) is 1. The Morgan fingerprint density at radius 2 is 2.06 bits per heavy atom. The van der Waals surface area contributed by atoms with Crippen LogP contribution in [0.2, 0.25) is 0 Å². The van der Waals surface area contributed by atoms with Crippen molar-refractivity contribution < 1.29 is 0 Å². The first-order chi connectivity index (χ1) is 8.29. The van der Waals surface area contributed by atoms with Gasteiger partial charge in [0, 0.05) is 13.1 Å². The Bertz CT molecular complexity index is 341. The fraction of sp³-hybridized carbons (Fsp3) is 0.600. The highest BCUT2D eigenvalue weighted by molar-refractivity contribution is 5.25. The van der Waals surface area contributed by atoms with Gasteiger partial charge >= 0.3 is 0 Å². The van der Waals surface area contributed by atoms with E-state index in [0.717, 1.165) is 12.5 Å². The highest BCUT2D eigenvalue weighted by atomic mass is 15.1. The molecule has 1 fully saturated rings. The molecule has 0 aliphatic carbocycles. The van der Waals surface area contributed by atoms with E-state index in [1.807, 2.05) is 7.05 Å². The molecule has 0 unspecified atom stereocenters. The summed E-state index contributed by atoms with van der Waals surface area (Å²) in [5.74, 6) is 0.778. The zero-order valence-electron chi connectivity index (χ0n) is 11.1. The van der Waals surface area contributed by atoms with Gasteiger partial charge in [0.1, 0.15) is 0 Å². The maximum atomic E-state index is 3.22. The van der Waals surface area contributed by atoms with E-state index < -0.39 is 0 Å². The van der Waals surface area contributed by atoms with Gasteiger partial charge in [0.15, 0.2) is 0 Å². The van der Waals surface area contributed by atoms with Crippen LogP contribution in [0.1, 0.15) is 29.9 Å². The van der Waals surface area contributed by atoms with E-state index in [9.17, 15) is 0 Å². The van der Waals surface area contributed by atoms with Crippen molar-refractivity contribution in [3.63, 3.8) is 0 Å². The zero-order chi connectivity index (χ0) is 12.1. The van der Waals surface area contributed by atoms with E-state index >= 15 is 0 Å². The molecule has 1 N–H and O–H groups in total. The quantitative estimate of drug-likeness (QED) is 0.857. The van der Waals surface area contributed by atoms with Gasteiger partial charge in [-0.3, -0.25) is 0 Å². The Morgan fingerprint density at radius 1 is 1.29 bits per heavy atom. The number of piperidine rings is 1. The van der Waals surface area contributed by atoms with Crippen LogP contribution in [0.5, 0.6) is 0 Å². The molecule has 2 rings (SSSR count). The lowest BCUT2D eigenvalue weighted by molar-refractivity contribution is 0.214. The second kappa shape index (κ2) is 6.18. The second-order valence-electron chi connectivity index (χ2n) is 5.13. The van der Waals surface area contributed by atoms with E-state index in [1.54, 1.807) is 5.56 Å². The highest BCUT2D eigenvalue weighted by Gasteiger charge is 2.19. The Hall–Kier alpha value is -0.860. The molecule has 0 atom stereocenters. The van der Waals surface area contributed by atoms with Gasteiger partial charge in [0.2, 0.25) is 0 Å². The molecule has 0 amide bonds. The Labute approximate surface area is 105 Å². The first kappa shape index (κ1) is 12.6. The van der Waals surface area contributed by atoms with Crippen molar-refractivity contribution in [1.82, 2.24) is 10.2 Å². The molecular weight excluding hydrogens is 208 g/mol. The molecule has 1 aliphatic rings. The van der Waals surface area contributed by atoms with E-state index in [4.69, 9.17) is 0 Å². The van der Waals surface area contributed by atoms with E-state index in [0.29, 0.717) is 0 Å². The van der Waals surface area contributed by atoms with Gasteiger partial charge in [0.25, 0.3) is 0 Å². The average Bonchev–Trinajstić information content (AvgIpc) is 2.37. The third-order valence-electron chi connectivity index (χ3n) is 3.78. The molecule has 0 spiro atoms. The van der Waals surface area contributed by atoms with Crippen LogP contribution in [0.3, 0.4) is 0 Å². The minimum absolute atomic E-state index is 0.778. The molecular formula is C15H24N2. The fourth-order valence-electron chi connectivity index (χ4n) is 2.68. The topological polar surface area (TPSA) is 15.3 Å². The summed E-state index contributed by atoms with van der Waals surface area (Å²) in [4.78, 5) is 2.57. The molecule has 1 heterocycles. The molecule has 2 heteroatoms. The number of hydrogen-bond acceptors (Lipinski definition) is 2. The summed E-state index contributed by atoms with van der Waals surface area (Å²) >= 11 is 0. The summed E-state index contributed by atoms with van der Waals surface area (Å²) in [5.41, 5.74) is 2.93. The Morgan fingerprint density at radius 3 is 2.71 bits per heavy atom. The van der Waals surface area contributed by atoms with Gasteiger partial charge in [0.05, 0.1) is 0 Å². The molecule has 1 saturated heterocycles. The Balaban J connectivity index is 1.86. The van der Waals surface area contributed by atoms with Crippen molar-refractivity contribution in [2.24, 2.45) is 0 Å². The van der Waals surface area contributed by atoms with Crippen molar-refractivity contribution in [2.75, 3.05) is 33.2 Å². The van der Waals surface area contributed by atoms with E-state index in [2.05, 4.69) is 41.4 Å². The molecule has 1 aliphatic heterocycles. The molecule has 94 valence electrons. The van der Waals surface area contributed by atoms with Crippen LogP contribution in [0.15, 0.2) is 24.3 Å². The standard InChI is InChI=1S/C15H24N2/c1-13-4-3-5-15(12-13)14-6-9-17(10-7-14)11-8-16-2/h3-5,12,14,16H,6-11H2,1-2H3. The highest BCUT2D eigenvalue weighted by Crippen LogP contribution is 2.28. The number of nitrogens with one attached hydrogen (secondary N) is 1. The van der Waals surface area contributed by atoms with Gasteiger partial charge in [-0.15, -0.1) is 0 Å². The minimum Gasteiger partial charge on any atom is -0.318 e. The van der Waals surface area contributed by atoms with E-state index in [-0.39, 0.29) is 0 Å². The Kier molecular flexibility index (Phi) is 4.57. The lowest BCUT2D eigenvalue weighted by atomic mass is 9.89. The molecule has 0 radical (unpaired) electrons. The third-order valence-corrected chi connectivity index (χ3v) is 3.78. The molecule has 2 nitrogen and oxygen atoms in total. The lowest BCUT2D eigenvalue weighted by Crippen LogP contribution is -2.37. The monoisotopic (exact) mass is 232 g/mol. The molecule has 0 aromatic heterocycles. The maximum absolute atomic E-state index is 3.22. The van der Waals surface area contributed by atoms with Crippen molar-refractivity contribution in [1.29, 1.82) is 0 Å². The number of hydrogen-bond donors (Lipinski definition) is 1.